The summed E-state index contributed by atoms with van der Waals surface area (Å²) in [5.74, 6) is 5.12. The van der Waals surface area contributed by atoms with Crippen molar-refractivity contribution in [1.82, 2.24) is 0 Å². The minimum Gasteiger partial charge on any atom is -0.406 e. The van der Waals surface area contributed by atoms with Gasteiger partial charge in [0.05, 0.1) is 0 Å². The molecule has 0 N–H and O–H groups in total. The van der Waals surface area contributed by atoms with Gasteiger partial charge in [0.2, 0.25) is 0 Å². The van der Waals surface area contributed by atoms with Crippen LogP contribution in [0.25, 0.3) is 0 Å². The van der Waals surface area contributed by atoms with Gasteiger partial charge in [-0.2, -0.15) is 0 Å². The maximum atomic E-state index is 13.8. The molecule has 0 aromatic heterocycles. The first kappa shape index (κ1) is 41.7. The van der Waals surface area contributed by atoms with Gasteiger partial charge < -0.3 is 9.47 Å². The Morgan fingerprint density at radius 3 is 1.26 bits per heavy atom. The molecular formula is C44H61F7O2. The van der Waals surface area contributed by atoms with E-state index in [9.17, 15) is 30.7 Å². The van der Waals surface area contributed by atoms with Crippen molar-refractivity contribution in [2.45, 2.75) is 155 Å². The maximum absolute atomic E-state index is 13.8. The van der Waals surface area contributed by atoms with Crippen LogP contribution in [0.15, 0.2) is 42.5 Å². The average Bonchev–Trinajstić information content (AvgIpc) is 3.12. The highest BCUT2D eigenvalue weighted by Gasteiger charge is 2.34. The van der Waals surface area contributed by atoms with Crippen LogP contribution in [0, 0.1) is 53.2 Å². The normalized spacial score (nSPS) is 29.8. The molecule has 0 saturated heterocycles. The Morgan fingerprint density at radius 2 is 0.868 bits per heavy atom. The van der Waals surface area contributed by atoms with Crippen molar-refractivity contribution in [3.63, 3.8) is 0 Å². The molecule has 2 aromatic carbocycles. The summed E-state index contributed by atoms with van der Waals surface area (Å²) >= 11 is 0. The zero-order chi connectivity index (χ0) is 38.0. The summed E-state index contributed by atoms with van der Waals surface area (Å²) < 4.78 is 94.6. The van der Waals surface area contributed by atoms with Gasteiger partial charge in [-0.25, -0.2) is 4.39 Å². The third-order valence-electron chi connectivity index (χ3n) is 13.3. The molecule has 4 aliphatic rings. The predicted molar refractivity (Wildman–Crippen MR) is 196 cm³/mol. The SMILES string of the molecule is CC1CCC(C2CCC(CCc3ccc(OC(F)(F)F)c(F)c3)CC2)CC1.CC1CCC(C2CCC(CCc3ccc(OC(F)(F)F)cc3)CC2)CC1. The van der Waals surface area contributed by atoms with E-state index >= 15 is 0 Å². The van der Waals surface area contributed by atoms with E-state index in [1.165, 1.54) is 121 Å². The summed E-state index contributed by atoms with van der Waals surface area (Å²) in [7, 11) is 0. The van der Waals surface area contributed by atoms with Gasteiger partial charge >= 0.3 is 12.7 Å². The van der Waals surface area contributed by atoms with E-state index in [4.69, 9.17) is 0 Å². The van der Waals surface area contributed by atoms with E-state index in [-0.39, 0.29) is 5.75 Å². The van der Waals surface area contributed by atoms with Crippen molar-refractivity contribution < 1.29 is 40.2 Å². The molecule has 0 radical (unpaired) electrons. The smallest absolute Gasteiger partial charge is 0.406 e. The molecule has 4 fully saturated rings. The number of hydrogen-bond donors (Lipinski definition) is 0. The monoisotopic (exact) mass is 754 g/mol. The molecule has 0 amide bonds. The summed E-state index contributed by atoms with van der Waals surface area (Å²) in [6.07, 6.45) is 16.0. The fourth-order valence-corrected chi connectivity index (χ4v) is 9.92. The van der Waals surface area contributed by atoms with Gasteiger partial charge in [-0.3, -0.25) is 0 Å². The highest BCUT2D eigenvalue weighted by atomic mass is 19.4. The van der Waals surface area contributed by atoms with Crippen molar-refractivity contribution in [1.29, 1.82) is 0 Å². The van der Waals surface area contributed by atoms with Gasteiger partial charge in [0.25, 0.3) is 0 Å². The van der Waals surface area contributed by atoms with Gasteiger partial charge in [-0.15, -0.1) is 26.3 Å². The molecule has 2 aromatic rings. The fraction of sp³-hybridized carbons (Fsp3) is 0.727. The second kappa shape index (κ2) is 19.4. The molecule has 6 rings (SSSR count). The Bertz CT molecular complexity index is 1340. The van der Waals surface area contributed by atoms with Crippen molar-refractivity contribution >= 4 is 0 Å². The van der Waals surface area contributed by atoms with E-state index < -0.39 is 24.3 Å². The molecule has 2 nitrogen and oxygen atoms in total. The molecule has 0 spiro atoms. The molecule has 4 aliphatic carbocycles. The second-order valence-corrected chi connectivity index (χ2v) is 17.2. The Balaban J connectivity index is 0.000000204. The maximum Gasteiger partial charge on any atom is 0.573 e. The summed E-state index contributed by atoms with van der Waals surface area (Å²) in [6, 6.07) is 10.2. The summed E-state index contributed by atoms with van der Waals surface area (Å²) in [5.41, 5.74) is 1.84. The van der Waals surface area contributed by atoms with Crippen LogP contribution >= 0.6 is 0 Å². The number of aryl methyl sites for hydroxylation is 2. The number of halogens is 7. The summed E-state index contributed by atoms with van der Waals surface area (Å²) in [5, 5.41) is 0. The van der Waals surface area contributed by atoms with Gasteiger partial charge in [0.15, 0.2) is 11.6 Å². The lowest BCUT2D eigenvalue weighted by Crippen LogP contribution is -2.25. The molecule has 0 atom stereocenters. The molecule has 298 valence electrons. The Kier molecular flexibility index (Phi) is 15.3. The first-order valence-electron chi connectivity index (χ1n) is 20.6. The van der Waals surface area contributed by atoms with Crippen LogP contribution in [0.1, 0.15) is 141 Å². The highest BCUT2D eigenvalue weighted by molar-refractivity contribution is 5.30. The zero-order valence-electron chi connectivity index (χ0n) is 31.8. The third kappa shape index (κ3) is 14.3. The quantitative estimate of drug-likeness (QED) is 0.225. The van der Waals surface area contributed by atoms with Crippen LogP contribution in [-0.4, -0.2) is 12.7 Å². The van der Waals surface area contributed by atoms with E-state index in [0.29, 0.717) is 12.3 Å². The van der Waals surface area contributed by atoms with Crippen molar-refractivity contribution in [2.75, 3.05) is 0 Å². The molecule has 0 bridgehead atoms. The molecule has 53 heavy (non-hydrogen) atoms. The Labute approximate surface area is 313 Å². The standard InChI is InChI=1S/C22H30F4O.C22H31F3O/c1-15-2-9-18(10-3-15)19-11-6-16(7-12-19)4-5-17-8-13-21(20(23)14-17)27-22(24,25)26;1-16-2-10-19(11-3-16)20-12-6-17(7-13-20)4-5-18-8-14-21(15-9-18)26-22(23,24)25/h8,13-16,18-19H,2-7,9-12H2,1H3;8-9,14-17,19-20H,2-7,10-13H2,1H3. The number of hydrogen-bond acceptors (Lipinski definition) is 2. The van der Waals surface area contributed by atoms with E-state index in [0.717, 1.165) is 77.9 Å². The number of rotatable bonds is 10. The van der Waals surface area contributed by atoms with E-state index in [1.807, 2.05) is 0 Å². The van der Waals surface area contributed by atoms with Crippen molar-refractivity contribution in [3.8, 4) is 11.5 Å². The van der Waals surface area contributed by atoms with Crippen LogP contribution in [0.2, 0.25) is 0 Å². The number of benzene rings is 2. The van der Waals surface area contributed by atoms with E-state index in [1.54, 1.807) is 18.2 Å². The van der Waals surface area contributed by atoms with Gasteiger partial charge in [-0.1, -0.05) is 83.4 Å². The third-order valence-corrected chi connectivity index (χ3v) is 13.3. The van der Waals surface area contributed by atoms with Crippen LogP contribution in [-0.2, 0) is 12.8 Å². The highest BCUT2D eigenvalue weighted by Crippen LogP contribution is 2.43. The van der Waals surface area contributed by atoms with Crippen LogP contribution in [0.3, 0.4) is 0 Å². The van der Waals surface area contributed by atoms with Crippen molar-refractivity contribution in [3.05, 3.63) is 59.4 Å². The van der Waals surface area contributed by atoms with Crippen molar-refractivity contribution in [2.24, 2.45) is 47.3 Å². The molecular weight excluding hydrogens is 693 g/mol. The summed E-state index contributed by atoms with van der Waals surface area (Å²) in [6.45, 7) is 4.74. The molecule has 4 saturated carbocycles. The number of alkyl halides is 6. The second-order valence-electron chi connectivity index (χ2n) is 17.2. The van der Waals surface area contributed by atoms with Gasteiger partial charge in [-0.05, 0) is 160 Å². The molecule has 0 heterocycles. The van der Waals surface area contributed by atoms with Gasteiger partial charge in [0.1, 0.15) is 5.75 Å². The molecule has 0 aliphatic heterocycles. The average molecular weight is 755 g/mol. The first-order chi connectivity index (χ1) is 25.2. The fourth-order valence-electron chi connectivity index (χ4n) is 9.92. The lowest BCUT2D eigenvalue weighted by atomic mass is 9.69. The topological polar surface area (TPSA) is 18.5 Å². The predicted octanol–water partition coefficient (Wildman–Crippen LogP) is 14.4. The van der Waals surface area contributed by atoms with Crippen LogP contribution < -0.4 is 9.47 Å². The van der Waals surface area contributed by atoms with Crippen LogP contribution in [0.5, 0.6) is 11.5 Å². The first-order valence-corrected chi connectivity index (χ1v) is 20.6. The van der Waals surface area contributed by atoms with E-state index in [2.05, 4.69) is 23.3 Å². The lowest BCUT2D eigenvalue weighted by Gasteiger charge is -2.37. The molecule has 0 unspecified atom stereocenters. The minimum absolute atomic E-state index is 0.136. The Morgan fingerprint density at radius 1 is 0.491 bits per heavy atom. The minimum atomic E-state index is -4.86. The largest absolute Gasteiger partial charge is 0.573 e. The van der Waals surface area contributed by atoms with Gasteiger partial charge in [0, 0.05) is 0 Å². The lowest BCUT2D eigenvalue weighted by molar-refractivity contribution is -0.276. The number of ether oxygens (including phenoxy) is 2. The summed E-state index contributed by atoms with van der Waals surface area (Å²) in [4.78, 5) is 0. The zero-order valence-corrected chi connectivity index (χ0v) is 31.8. The Hall–Kier alpha value is -2.45. The molecule has 9 heteroatoms. The van der Waals surface area contributed by atoms with Crippen LogP contribution in [0.4, 0.5) is 30.7 Å².